The lowest BCUT2D eigenvalue weighted by molar-refractivity contribution is 0.315. The van der Waals surface area contributed by atoms with Crippen molar-refractivity contribution in [2.45, 2.75) is 32.7 Å². The average molecular weight is 351 g/mol. The van der Waals surface area contributed by atoms with Gasteiger partial charge in [-0.15, -0.1) is 6.58 Å². The number of imidazole rings is 1. The monoisotopic (exact) mass is 351 g/mol. The second-order valence-corrected chi connectivity index (χ2v) is 6.60. The van der Waals surface area contributed by atoms with Gasteiger partial charge in [0.1, 0.15) is 0 Å². The highest BCUT2D eigenvalue weighted by atomic mass is 16.5. The number of aromatic nitrogens is 4. The topological polar surface area (TPSA) is 64.3 Å². The first-order chi connectivity index (χ1) is 12.5. The molecule has 6 heteroatoms. The summed E-state index contributed by atoms with van der Waals surface area (Å²) in [5, 5.41) is 3.46. The van der Waals surface area contributed by atoms with E-state index in [1.54, 1.807) is 6.20 Å². The lowest BCUT2D eigenvalue weighted by Crippen LogP contribution is -2.37. The number of nitrogens with one attached hydrogen (secondary N) is 1. The summed E-state index contributed by atoms with van der Waals surface area (Å²) in [6.07, 6.45) is 10.0. The first-order valence-corrected chi connectivity index (χ1v) is 8.84. The molecule has 26 heavy (non-hydrogen) atoms. The molecular formula is C20H25N5O. The molecule has 0 spiro atoms. The molecule has 3 aromatic heterocycles. The Morgan fingerprint density at radius 2 is 2.15 bits per heavy atom. The summed E-state index contributed by atoms with van der Waals surface area (Å²) in [5.74, 6) is 0.527. The highest BCUT2D eigenvalue weighted by Gasteiger charge is 2.21. The van der Waals surface area contributed by atoms with E-state index in [0.29, 0.717) is 18.1 Å². The van der Waals surface area contributed by atoms with E-state index in [9.17, 15) is 0 Å². The minimum Gasteiger partial charge on any atom is -0.475 e. The number of rotatable bonds is 8. The maximum atomic E-state index is 5.82. The number of ether oxygens (including phenoxy) is 1. The van der Waals surface area contributed by atoms with Crippen LogP contribution >= 0.6 is 0 Å². The fourth-order valence-electron chi connectivity index (χ4n) is 2.84. The highest BCUT2D eigenvalue weighted by molar-refractivity contribution is 5.63. The third-order valence-corrected chi connectivity index (χ3v) is 4.22. The van der Waals surface area contributed by atoms with Crippen LogP contribution in [0.3, 0.4) is 0 Å². The zero-order chi connectivity index (χ0) is 18.6. The van der Waals surface area contributed by atoms with Crippen LogP contribution in [-0.2, 0) is 5.54 Å². The standard InChI is InChI=1S/C20H25N5O/c1-5-7-12-26-19-18-22-10-11-25(18)14-16(24-19)15-8-9-21-17(13-15)20(3,4)23-6-2/h5,8-11,13-14,23H,1,6-7,12H2,2-4H3. The summed E-state index contributed by atoms with van der Waals surface area (Å²) < 4.78 is 7.75. The third kappa shape index (κ3) is 3.75. The Hall–Kier alpha value is -2.73. The van der Waals surface area contributed by atoms with Crippen molar-refractivity contribution >= 4 is 5.65 Å². The molecule has 0 fully saturated rings. The maximum Gasteiger partial charge on any atom is 0.258 e. The minimum atomic E-state index is -0.215. The largest absolute Gasteiger partial charge is 0.475 e. The molecule has 0 atom stereocenters. The molecule has 0 bridgehead atoms. The lowest BCUT2D eigenvalue weighted by Gasteiger charge is -2.25. The summed E-state index contributed by atoms with van der Waals surface area (Å²) in [4.78, 5) is 13.6. The van der Waals surface area contributed by atoms with Crippen molar-refractivity contribution in [2.75, 3.05) is 13.2 Å². The number of hydrogen-bond donors (Lipinski definition) is 1. The second-order valence-electron chi connectivity index (χ2n) is 6.60. The number of fused-ring (bicyclic) bond motifs is 1. The molecule has 3 heterocycles. The molecule has 0 aliphatic heterocycles. The number of pyridine rings is 1. The number of nitrogens with zero attached hydrogens (tertiary/aromatic N) is 4. The molecule has 0 amide bonds. The molecule has 3 rings (SSSR count). The number of hydrogen-bond acceptors (Lipinski definition) is 5. The molecule has 0 unspecified atom stereocenters. The summed E-state index contributed by atoms with van der Waals surface area (Å²) in [5.41, 5.74) is 3.27. The van der Waals surface area contributed by atoms with Crippen molar-refractivity contribution in [1.29, 1.82) is 0 Å². The molecule has 0 aliphatic carbocycles. The van der Waals surface area contributed by atoms with Gasteiger partial charge in [-0.05, 0) is 38.9 Å². The summed E-state index contributed by atoms with van der Waals surface area (Å²) in [6.45, 7) is 11.5. The molecule has 0 aromatic carbocycles. The molecule has 136 valence electrons. The van der Waals surface area contributed by atoms with E-state index in [-0.39, 0.29) is 5.54 Å². The van der Waals surface area contributed by atoms with Crippen molar-refractivity contribution in [3.05, 3.63) is 55.3 Å². The Labute approximate surface area is 154 Å². The van der Waals surface area contributed by atoms with Gasteiger partial charge in [-0.3, -0.25) is 4.98 Å². The Bertz CT molecular complexity index is 900. The normalized spacial score (nSPS) is 11.7. The fraction of sp³-hybridized carbons (Fsp3) is 0.350. The van der Waals surface area contributed by atoms with Gasteiger partial charge in [-0.2, -0.15) is 0 Å². The van der Waals surface area contributed by atoms with Crippen LogP contribution in [0.1, 0.15) is 32.9 Å². The van der Waals surface area contributed by atoms with Crippen LogP contribution in [0.4, 0.5) is 0 Å². The van der Waals surface area contributed by atoms with Gasteiger partial charge in [0.25, 0.3) is 5.88 Å². The van der Waals surface area contributed by atoms with Crippen molar-refractivity contribution < 1.29 is 4.74 Å². The van der Waals surface area contributed by atoms with Crippen molar-refractivity contribution in [3.63, 3.8) is 0 Å². The van der Waals surface area contributed by atoms with Gasteiger partial charge in [-0.25, -0.2) is 9.97 Å². The van der Waals surface area contributed by atoms with Crippen LogP contribution in [-0.4, -0.2) is 32.5 Å². The van der Waals surface area contributed by atoms with Crippen LogP contribution in [0.25, 0.3) is 16.9 Å². The predicted molar refractivity (Wildman–Crippen MR) is 103 cm³/mol. The predicted octanol–water partition coefficient (Wildman–Crippen LogP) is 3.59. The van der Waals surface area contributed by atoms with E-state index in [2.05, 4.69) is 48.7 Å². The van der Waals surface area contributed by atoms with Gasteiger partial charge in [0.15, 0.2) is 0 Å². The van der Waals surface area contributed by atoms with Gasteiger partial charge >= 0.3 is 0 Å². The minimum absolute atomic E-state index is 0.215. The van der Waals surface area contributed by atoms with Crippen LogP contribution in [0, 0.1) is 0 Å². The fourth-order valence-corrected chi connectivity index (χ4v) is 2.84. The van der Waals surface area contributed by atoms with E-state index >= 15 is 0 Å². The molecule has 3 aromatic rings. The Kier molecular flexibility index (Phi) is 5.32. The second kappa shape index (κ2) is 7.66. The molecule has 0 aliphatic rings. The molecule has 0 radical (unpaired) electrons. The molecule has 1 N–H and O–H groups in total. The van der Waals surface area contributed by atoms with Gasteiger partial charge in [0.05, 0.1) is 23.5 Å². The maximum absolute atomic E-state index is 5.82. The Morgan fingerprint density at radius 3 is 2.92 bits per heavy atom. The van der Waals surface area contributed by atoms with Crippen LogP contribution in [0.2, 0.25) is 0 Å². The van der Waals surface area contributed by atoms with Gasteiger partial charge in [0, 0.05) is 30.4 Å². The molecule has 6 nitrogen and oxygen atoms in total. The van der Waals surface area contributed by atoms with Crippen LogP contribution < -0.4 is 10.1 Å². The smallest absolute Gasteiger partial charge is 0.258 e. The summed E-state index contributed by atoms with van der Waals surface area (Å²) in [6, 6.07) is 4.03. The summed E-state index contributed by atoms with van der Waals surface area (Å²) >= 11 is 0. The van der Waals surface area contributed by atoms with Crippen molar-refractivity contribution in [1.82, 2.24) is 24.7 Å². The van der Waals surface area contributed by atoms with Gasteiger partial charge in [0.2, 0.25) is 5.65 Å². The van der Waals surface area contributed by atoms with E-state index in [0.717, 1.165) is 29.9 Å². The van der Waals surface area contributed by atoms with E-state index < -0.39 is 0 Å². The highest BCUT2D eigenvalue weighted by Crippen LogP contribution is 2.26. The zero-order valence-corrected chi connectivity index (χ0v) is 15.6. The van der Waals surface area contributed by atoms with E-state index in [4.69, 9.17) is 9.72 Å². The van der Waals surface area contributed by atoms with Gasteiger partial charge < -0.3 is 14.5 Å². The zero-order valence-electron chi connectivity index (χ0n) is 15.6. The van der Waals surface area contributed by atoms with Crippen LogP contribution in [0.15, 0.2) is 49.6 Å². The van der Waals surface area contributed by atoms with Gasteiger partial charge in [-0.1, -0.05) is 13.0 Å². The molecule has 0 saturated heterocycles. The van der Waals surface area contributed by atoms with E-state index in [1.807, 2.05) is 35.1 Å². The van der Waals surface area contributed by atoms with Crippen molar-refractivity contribution in [2.24, 2.45) is 0 Å². The van der Waals surface area contributed by atoms with Crippen LogP contribution in [0.5, 0.6) is 5.88 Å². The summed E-state index contributed by atoms with van der Waals surface area (Å²) in [7, 11) is 0. The third-order valence-electron chi connectivity index (χ3n) is 4.22. The molecular weight excluding hydrogens is 326 g/mol. The van der Waals surface area contributed by atoms with Crippen molar-refractivity contribution in [3.8, 4) is 17.1 Å². The first kappa shape index (κ1) is 18.1. The SMILES string of the molecule is C=CCCOc1nc(-c2ccnc(C(C)(C)NCC)c2)cn2ccnc12. The quantitative estimate of drug-likeness (QED) is 0.496. The first-order valence-electron chi connectivity index (χ1n) is 8.84. The Balaban J connectivity index is 2.01. The Morgan fingerprint density at radius 1 is 1.31 bits per heavy atom. The average Bonchev–Trinajstić information content (AvgIpc) is 3.11. The lowest BCUT2D eigenvalue weighted by atomic mass is 9.98. The molecule has 0 saturated carbocycles. The van der Waals surface area contributed by atoms with E-state index in [1.165, 1.54) is 0 Å².